The SMILES string of the molecule is CN(C)c1ccc(C(C)(O)CC2(F)C(F)(F)C(F)(F)C(F)(F)C(F)(F)C2(F)F)cc1. The first-order chi connectivity index (χ1) is 13.1. The van der Waals surface area contributed by atoms with Gasteiger partial charge < -0.3 is 10.0 Å². The summed E-state index contributed by atoms with van der Waals surface area (Å²) in [7, 11) is 3.11. The van der Waals surface area contributed by atoms with Gasteiger partial charge in [-0.3, -0.25) is 0 Å². The van der Waals surface area contributed by atoms with E-state index in [0.29, 0.717) is 12.6 Å². The molecule has 0 amide bonds. The predicted molar refractivity (Wildman–Crippen MR) is 83.5 cm³/mol. The maximum absolute atomic E-state index is 14.9. The highest BCUT2D eigenvalue weighted by Gasteiger charge is 3.01. The molecular formula is C17H16F11NO. The third-order valence-corrected chi connectivity index (χ3v) is 5.17. The first kappa shape index (κ1) is 24.5. The van der Waals surface area contributed by atoms with Gasteiger partial charge in [0.05, 0.1) is 5.60 Å². The van der Waals surface area contributed by atoms with Gasteiger partial charge >= 0.3 is 29.6 Å². The van der Waals surface area contributed by atoms with Crippen molar-refractivity contribution in [1.29, 1.82) is 0 Å². The predicted octanol–water partition coefficient (Wildman–Crippen LogP) is 5.25. The van der Waals surface area contributed by atoms with Gasteiger partial charge in [0.1, 0.15) is 0 Å². The van der Waals surface area contributed by atoms with E-state index in [9.17, 15) is 53.4 Å². The van der Waals surface area contributed by atoms with Crippen LogP contribution in [0.4, 0.5) is 54.0 Å². The molecule has 2 rings (SSSR count). The van der Waals surface area contributed by atoms with Gasteiger partial charge in [-0.1, -0.05) is 12.1 Å². The maximum Gasteiger partial charge on any atom is 0.384 e. The van der Waals surface area contributed by atoms with Gasteiger partial charge in [0.15, 0.2) is 0 Å². The van der Waals surface area contributed by atoms with E-state index in [4.69, 9.17) is 0 Å². The van der Waals surface area contributed by atoms with Gasteiger partial charge in [0, 0.05) is 26.2 Å². The van der Waals surface area contributed by atoms with Crippen LogP contribution in [0.1, 0.15) is 18.9 Å². The van der Waals surface area contributed by atoms with Gasteiger partial charge in [-0.15, -0.1) is 0 Å². The topological polar surface area (TPSA) is 23.5 Å². The summed E-state index contributed by atoms with van der Waals surface area (Å²) in [5, 5.41) is 10.3. The van der Waals surface area contributed by atoms with Crippen molar-refractivity contribution < 1.29 is 53.4 Å². The average molecular weight is 459 g/mol. The molecule has 1 aliphatic carbocycles. The first-order valence-corrected chi connectivity index (χ1v) is 8.20. The molecule has 1 aliphatic rings. The summed E-state index contributed by atoms with van der Waals surface area (Å²) in [6, 6.07) is 4.23. The second-order valence-corrected chi connectivity index (χ2v) is 7.57. The van der Waals surface area contributed by atoms with Crippen molar-refractivity contribution in [3.05, 3.63) is 29.8 Å². The summed E-state index contributed by atoms with van der Waals surface area (Å²) in [5.74, 6) is -35.6. The molecule has 172 valence electrons. The van der Waals surface area contributed by atoms with Crippen LogP contribution in [0.2, 0.25) is 0 Å². The Morgan fingerprint density at radius 3 is 1.37 bits per heavy atom. The van der Waals surface area contributed by atoms with Crippen molar-refractivity contribution in [1.82, 2.24) is 0 Å². The van der Waals surface area contributed by atoms with Crippen molar-refractivity contribution in [3.63, 3.8) is 0 Å². The summed E-state index contributed by atoms with van der Waals surface area (Å²) in [5.41, 5.74) is -9.54. The lowest BCUT2D eigenvalue weighted by Crippen LogP contribution is -2.84. The maximum atomic E-state index is 14.9. The molecule has 2 nitrogen and oxygen atoms in total. The van der Waals surface area contributed by atoms with E-state index >= 15 is 0 Å². The lowest BCUT2D eigenvalue weighted by molar-refractivity contribution is -0.488. The molecule has 0 saturated heterocycles. The average Bonchev–Trinajstić information content (AvgIpc) is 2.59. The third-order valence-electron chi connectivity index (χ3n) is 5.17. The number of hydrogen-bond donors (Lipinski definition) is 1. The van der Waals surface area contributed by atoms with Gasteiger partial charge in [-0.25, -0.2) is 4.39 Å². The smallest absolute Gasteiger partial charge is 0.384 e. The van der Waals surface area contributed by atoms with Gasteiger partial charge in [-0.2, -0.15) is 43.9 Å². The standard InChI is InChI=1S/C17H16F11NO/c1-11(30,9-4-6-10(7-5-9)29(2)3)8-12(18)13(19,20)15(23,24)17(27,28)16(25,26)14(12,21)22/h4-7,30H,8H2,1-3H3. The van der Waals surface area contributed by atoms with E-state index in [2.05, 4.69) is 0 Å². The van der Waals surface area contributed by atoms with E-state index in [1.165, 1.54) is 17.0 Å². The molecule has 1 saturated carbocycles. The molecule has 0 bridgehead atoms. The van der Waals surface area contributed by atoms with Gasteiger partial charge in [0.2, 0.25) is 0 Å². The normalized spacial score (nSPS) is 27.2. The molecule has 0 aliphatic heterocycles. The minimum Gasteiger partial charge on any atom is -0.385 e. The Morgan fingerprint density at radius 2 is 1.03 bits per heavy atom. The summed E-state index contributed by atoms with van der Waals surface area (Å²) < 4.78 is 152. The lowest BCUT2D eigenvalue weighted by atomic mass is 9.67. The molecule has 30 heavy (non-hydrogen) atoms. The minimum atomic E-state index is -7.28. The second kappa shape index (κ2) is 6.36. The highest BCUT2D eigenvalue weighted by molar-refractivity contribution is 5.47. The largest absolute Gasteiger partial charge is 0.385 e. The van der Waals surface area contributed by atoms with Crippen LogP contribution in [0.15, 0.2) is 24.3 Å². The number of anilines is 1. The van der Waals surface area contributed by atoms with Crippen molar-refractivity contribution in [2.45, 2.75) is 54.2 Å². The van der Waals surface area contributed by atoms with E-state index in [1.807, 2.05) is 0 Å². The number of nitrogens with zero attached hydrogens (tertiary/aromatic N) is 1. The molecule has 1 unspecified atom stereocenters. The molecule has 1 atom stereocenters. The van der Waals surface area contributed by atoms with Crippen LogP contribution < -0.4 is 4.90 Å². The van der Waals surface area contributed by atoms with Crippen molar-refractivity contribution in [3.8, 4) is 0 Å². The Kier molecular flexibility index (Phi) is 5.19. The molecule has 1 N–H and O–H groups in total. The van der Waals surface area contributed by atoms with Crippen LogP contribution in [0.5, 0.6) is 0 Å². The number of benzene rings is 1. The fourth-order valence-corrected chi connectivity index (χ4v) is 3.20. The molecule has 0 heterocycles. The van der Waals surface area contributed by atoms with Crippen molar-refractivity contribution in [2.24, 2.45) is 0 Å². The molecule has 1 aromatic rings. The van der Waals surface area contributed by atoms with E-state index in [-0.39, 0.29) is 0 Å². The summed E-state index contributed by atoms with van der Waals surface area (Å²) in [6.45, 7) is 0.425. The quantitative estimate of drug-likeness (QED) is 0.622. The van der Waals surface area contributed by atoms with Crippen LogP contribution >= 0.6 is 0 Å². The van der Waals surface area contributed by atoms with Crippen LogP contribution in [0.25, 0.3) is 0 Å². The van der Waals surface area contributed by atoms with Crippen LogP contribution in [-0.2, 0) is 5.60 Å². The Labute approximate surface area is 163 Å². The van der Waals surface area contributed by atoms with Gasteiger partial charge in [0.25, 0.3) is 5.67 Å². The molecule has 0 radical (unpaired) electrons. The lowest BCUT2D eigenvalue weighted by Gasteiger charge is -2.53. The zero-order valence-corrected chi connectivity index (χ0v) is 15.6. The summed E-state index contributed by atoms with van der Waals surface area (Å²) in [6.07, 6.45) is -2.73. The zero-order chi connectivity index (χ0) is 23.8. The van der Waals surface area contributed by atoms with E-state index in [0.717, 1.165) is 12.1 Å². The van der Waals surface area contributed by atoms with Crippen LogP contribution in [0, 0.1) is 0 Å². The van der Waals surface area contributed by atoms with E-state index in [1.54, 1.807) is 14.1 Å². The number of aliphatic hydroxyl groups is 1. The monoisotopic (exact) mass is 459 g/mol. The highest BCUT2D eigenvalue weighted by Crippen LogP contribution is 2.71. The number of alkyl halides is 11. The summed E-state index contributed by atoms with van der Waals surface area (Å²) in [4.78, 5) is 1.50. The van der Waals surface area contributed by atoms with Crippen molar-refractivity contribution in [2.75, 3.05) is 19.0 Å². The number of hydrogen-bond acceptors (Lipinski definition) is 2. The fourth-order valence-electron chi connectivity index (χ4n) is 3.20. The first-order valence-electron chi connectivity index (χ1n) is 8.20. The third kappa shape index (κ3) is 2.72. The van der Waals surface area contributed by atoms with Crippen LogP contribution in [0.3, 0.4) is 0 Å². The minimum absolute atomic E-state index is 0.425. The second-order valence-electron chi connectivity index (χ2n) is 7.57. The molecular weight excluding hydrogens is 443 g/mol. The van der Waals surface area contributed by atoms with Crippen LogP contribution in [-0.4, -0.2) is 54.5 Å². The Hall–Kier alpha value is -1.79. The number of halogens is 11. The van der Waals surface area contributed by atoms with Gasteiger partial charge in [-0.05, 0) is 24.6 Å². The zero-order valence-electron chi connectivity index (χ0n) is 15.6. The number of rotatable bonds is 4. The molecule has 1 fully saturated rings. The Balaban J connectivity index is 2.65. The molecule has 0 spiro atoms. The highest BCUT2D eigenvalue weighted by atomic mass is 19.4. The molecule has 13 heteroatoms. The summed E-state index contributed by atoms with van der Waals surface area (Å²) >= 11 is 0. The van der Waals surface area contributed by atoms with E-state index < -0.39 is 52.9 Å². The molecule has 0 aromatic heterocycles. The van der Waals surface area contributed by atoms with Crippen molar-refractivity contribution >= 4 is 5.69 Å². The Bertz CT molecular complexity index is 772. The fraction of sp³-hybridized carbons (Fsp3) is 0.647. The Morgan fingerprint density at radius 1 is 0.700 bits per heavy atom. The molecule has 1 aromatic carbocycles.